The van der Waals surface area contributed by atoms with E-state index in [1.54, 1.807) is 23.5 Å². The van der Waals surface area contributed by atoms with Gasteiger partial charge < -0.3 is 5.11 Å². The molecular weight excluding hydrogens is 655 g/mol. The number of carbonyl (C=O) groups excluding carboxylic acids is 1. The van der Waals surface area contributed by atoms with E-state index in [0.717, 1.165) is 47.5 Å². The summed E-state index contributed by atoms with van der Waals surface area (Å²) in [7, 11) is 0. The van der Waals surface area contributed by atoms with Crippen LogP contribution in [0.3, 0.4) is 0 Å². The topological polar surface area (TPSA) is 62.0 Å². The minimum Gasteiger partial charge on any atom is -0.512 e. The number of allylic oxidation sites excluding steroid dienone is 2. The first kappa shape index (κ1) is 34.1. The van der Waals surface area contributed by atoms with Crippen LogP contribution in [0.5, 0.6) is 0 Å². The second kappa shape index (κ2) is 16.1. The minimum absolute atomic E-state index is 0. The van der Waals surface area contributed by atoms with Gasteiger partial charge in [0.2, 0.25) is 0 Å². The van der Waals surface area contributed by atoms with Gasteiger partial charge in [0.25, 0.3) is 0 Å². The van der Waals surface area contributed by atoms with Gasteiger partial charge in [-0.2, -0.15) is 0 Å². The zero-order valence-corrected chi connectivity index (χ0v) is 25.7. The fourth-order valence-electron chi connectivity index (χ4n) is 3.24. The van der Waals surface area contributed by atoms with E-state index in [9.17, 15) is 4.79 Å². The Kier molecular flexibility index (Phi) is 15.7. The molecule has 1 aliphatic heterocycles. The van der Waals surface area contributed by atoms with Crippen molar-refractivity contribution in [3.63, 3.8) is 0 Å². The summed E-state index contributed by atoms with van der Waals surface area (Å²) >= 11 is 10.8. The third kappa shape index (κ3) is 11.0. The first-order chi connectivity index (χ1) is 15.5. The Bertz CT molecular complexity index is 1020. The average Bonchev–Trinajstić information content (AvgIpc) is 2.67. The number of aliphatic hydroxyl groups is 1. The van der Waals surface area contributed by atoms with Crippen LogP contribution >= 0.6 is 55.4 Å². The van der Waals surface area contributed by atoms with Crippen molar-refractivity contribution in [1.29, 1.82) is 0 Å². The Labute approximate surface area is 245 Å². The second-order valence-corrected chi connectivity index (χ2v) is 11.7. The fraction of sp³-hybridized carbons (Fsp3) is 0.346. The molecule has 1 N–H and O–H groups in total. The number of hydrogen-bond acceptors (Lipinski definition) is 6. The number of aliphatic imine (C=N–C) groups is 2. The number of benzene rings is 2. The van der Waals surface area contributed by atoms with E-state index >= 15 is 0 Å². The van der Waals surface area contributed by atoms with E-state index in [0.29, 0.717) is 0 Å². The monoisotopic (exact) mass is 684 g/mol. The molecule has 0 aliphatic carbocycles. The van der Waals surface area contributed by atoms with Gasteiger partial charge in [-0.25, -0.2) is 9.98 Å². The predicted octanol–water partition coefficient (Wildman–Crippen LogP) is 9.36. The predicted molar refractivity (Wildman–Crippen MR) is 160 cm³/mol. The Hall–Kier alpha value is -0.856. The molecule has 0 spiro atoms. The van der Waals surface area contributed by atoms with Gasteiger partial charge in [-0.3, -0.25) is 4.79 Å². The van der Waals surface area contributed by atoms with E-state index in [1.807, 2.05) is 6.07 Å². The molecule has 3 rings (SSSR count). The van der Waals surface area contributed by atoms with Crippen molar-refractivity contribution in [2.45, 2.75) is 49.0 Å². The zero-order valence-electron chi connectivity index (χ0n) is 19.9. The van der Waals surface area contributed by atoms with Crippen LogP contribution in [0, 0.1) is 27.7 Å². The van der Waals surface area contributed by atoms with E-state index in [1.165, 1.54) is 36.6 Å². The van der Waals surface area contributed by atoms with Crippen LogP contribution in [0.2, 0.25) is 0 Å². The van der Waals surface area contributed by atoms with Gasteiger partial charge in [-0.1, -0.05) is 41.1 Å². The summed E-state index contributed by atoms with van der Waals surface area (Å²) in [5, 5.41) is 10.4. The third-order valence-corrected chi connectivity index (χ3v) is 7.82. The molecule has 0 atom stereocenters. The molecule has 1 aliphatic rings. The first-order valence-corrected chi connectivity index (χ1v) is 13.9. The summed E-state index contributed by atoms with van der Waals surface area (Å²) in [6, 6.07) is 8.52. The summed E-state index contributed by atoms with van der Waals surface area (Å²) < 4.78 is 2.05. The SMILES string of the molecule is C.CC(=O)C=C(C)O.Cc1cc(C)c(N=C2SCCSC2=Nc2c(C)cc(Br)cc2Br)c(C)c1.[Ni]. The van der Waals surface area contributed by atoms with Gasteiger partial charge in [0.05, 0.1) is 17.1 Å². The molecule has 0 amide bonds. The van der Waals surface area contributed by atoms with Gasteiger partial charge in [0.15, 0.2) is 5.78 Å². The molecule has 9 heteroatoms. The van der Waals surface area contributed by atoms with Crippen LogP contribution in [0.15, 0.2) is 55.0 Å². The molecule has 0 unspecified atom stereocenters. The Balaban J connectivity index is 0.00000113. The third-order valence-electron chi connectivity index (χ3n) is 4.44. The van der Waals surface area contributed by atoms with Crippen molar-refractivity contribution in [1.82, 2.24) is 0 Å². The van der Waals surface area contributed by atoms with E-state index in [-0.39, 0.29) is 35.5 Å². The van der Waals surface area contributed by atoms with Crippen LogP contribution in [0.4, 0.5) is 11.4 Å². The van der Waals surface area contributed by atoms with Gasteiger partial charge in [-0.15, -0.1) is 23.5 Å². The molecule has 0 aromatic heterocycles. The van der Waals surface area contributed by atoms with Gasteiger partial charge in [0.1, 0.15) is 10.1 Å². The van der Waals surface area contributed by atoms with E-state index < -0.39 is 0 Å². The molecule has 0 saturated carbocycles. The quantitative estimate of drug-likeness (QED) is 0.199. The van der Waals surface area contributed by atoms with E-state index in [4.69, 9.17) is 15.1 Å². The normalized spacial score (nSPS) is 15.6. The van der Waals surface area contributed by atoms with Gasteiger partial charge >= 0.3 is 0 Å². The first-order valence-electron chi connectivity index (χ1n) is 10.3. The maximum absolute atomic E-state index is 10.0. The Morgan fingerprint density at radius 2 is 1.34 bits per heavy atom. The molecule has 2 aromatic carbocycles. The van der Waals surface area contributed by atoms with Crippen molar-refractivity contribution in [2.75, 3.05) is 11.5 Å². The van der Waals surface area contributed by atoms with Gasteiger partial charge in [-0.05, 0) is 86.3 Å². The number of carbonyl (C=O) groups is 1. The number of rotatable bonds is 3. The number of halogens is 2. The van der Waals surface area contributed by atoms with Crippen LogP contribution in [0.25, 0.3) is 0 Å². The summed E-state index contributed by atoms with van der Waals surface area (Å²) in [5.41, 5.74) is 6.89. The van der Waals surface area contributed by atoms with Crippen LogP contribution in [-0.4, -0.2) is 32.5 Å². The zero-order chi connectivity index (χ0) is 24.7. The summed E-state index contributed by atoms with van der Waals surface area (Å²) in [4.78, 5) is 20.0. The number of ketones is 1. The molecule has 1 saturated heterocycles. The molecule has 0 bridgehead atoms. The van der Waals surface area contributed by atoms with Crippen molar-refractivity contribution in [3.05, 3.63) is 67.3 Å². The molecule has 194 valence electrons. The minimum atomic E-state index is -0.125. The largest absolute Gasteiger partial charge is 0.512 e. The van der Waals surface area contributed by atoms with Crippen molar-refractivity contribution < 1.29 is 26.4 Å². The van der Waals surface area contributed by atoms with Crippen molar-refractivity contribution in [2.24, 2.45) is 9.98 Å². The number of nitrogens with zero attached hydrogens (tertiary/aromatic N) is 2. The summed E-state index contributed by atoms with van der Waals surface area (Å²) in [6.45, 7) is 11.3. The fourth-order valence-corrected chi connectivity index (χ4v) is 6.83. The van der Waals surface area contributed by atoms with E-state index in [2.05, 4.69) is 77.8 Å². The number of hydrogen-bond donors (Lipinski definition) is 1. The standard InChI is InChI=1S/C20H20Br2N2S2.C5H8O2.CH4.Ni/c1-11-7-12(2)17(13(3)8-11)23-19-20(26-6-5-25-19)24-18-14(4)9-15(21)10-16(18)22;1-4(6)3-5(2)7;;/h7-10H,5-6H2,1-4H3;3,6H,1-2H3;1H4;. The summed E-state index contributed by atoms with van der Waals surface area (Å²) in [6.07, 6.45) is 1.17. The van der Waals surface area contributed by atoms with Crippen LogP contribution in [-0.2, 0) is 21.3 Å². The second-order valence-electron chi connectivity index (χ2n) is 7.73. The number of thioether (sulfide) groups is 2. The Morgan fingerprint density at radius 3 is 1.74 bits per heavy atom. The molecule has 1 fully saturated rings. The maximum atomic E-state index is 10.0. The number of aryl methyl sites for hydroxylation is 4. The molecule has 2 aromatic rings. The van der Waals surface area contributed by atoms with Gasteiger partial charge in [0, 0.05) is 43.0 Å². The molecule has 35 heavy (non-hydrogen) atoms. The maximum Gasteiger partial charge on any atom is 0.155 e. The van der Waals surface area contributed by atoms with Crippen molar-refractivity contribution >= 4 is 82.6 Å². The molecule has 1 heterocycles. The van der Waals surface area contributed by atoms with Crippen molar-refractivity contribution in [3.8, 4) is 0 Å². The molecular formula is C26H32Br2N2NiO2S2. The molecule has 0 radical (unpaired) electrons. The Morgan fingerprint density at radius 1 is 0.886 bits per heavy atom. The van der Waals surface area contributed by atoms with Crippen LogP contribution in [0.1, 0.15) is 43.5 Å². The van der Waals surface area contributed by atoms with Crippen LogP contribution < -0.4 is 0 Å². The summed E-state index contributed by atoms with van der Waals surface area (Å²) in [5.74, 6) is 2.06. The number of aliphatic hydroxyl groups excluding tert-OH is 1. The smallest absolute Gasteiger partial charge is 0.155 e. The average molecular weight is 687 g/mol. The molecule has 4 nitrogen and oxygen atoms in total.